The quantitative estimate of drug-likeness (QED) is 0.102. The van der Waals surface area contributed by atoms with Crippen molar-refractivity contribution in [1.82, 2.24) is 4.57 Å². The number of hydrogen-bond acceptors (Lipinski definition) is 2. The van der Waals surface area contributed by atoms with E-state index in [4.69, 9.17) is 4.74 Å². The van der Waals surface area contributed by atoms with Gasteiger partial charge in [0, 0.05) is 33.5 Å². The van der Waals surface area contributed by atoms with Gasteiger partial charge in [0.25, 0.3) is 0 Å². The number of fused-ring (bicyclic) bond motifs is 3. The molecule has 0 aliphatic carbocycles. The van der Waals surface area contributed by atoms with E-state index in [0.717, 1.165) is 39.8 Å². The van der Waals surface area contributed by atoms with E-state index in [0.29, 0.717) is 0 Å². The zero-order valence-corrected chi connectivity index (χ0v) is 32.9. The number of ether oxygens (including phenoxy) is 1. The first-order valence-corrected chi connectivity index (χ1v) is 21.8. The lowest BCUT2D eigenvalue weighted by molar-refractivity contribution is 0.483. The Hall–Kier alpha value is -7.40. The van der Waals surface area contributed by atoms with Crippen LogP contribution in [0.5, 0.6) is 11.5 Å². The van der Waals surface area contributed by atoms with Gasteiger partial charge < -0.3 is 14.2 Å². The lowest BCUT2D eigenvalue weighted by Gasteiger charge is -2.34. The van der Waals surface area contributed by atoms with Crippen LogP contribution in [0.25, 0.3) is 27.5 Å². The number of aromatic nitrogens is 1. The monoisotopic (exact) mass is 760 g/mol. The molecule has 0 fully saturated rings. The molecule has 0 bridgehead atoms. The molecule has 1 aromatic heterocycles. The molecule has 276 valence electrons. The van der Waals surface area contributed by atoms with E-state index in [-0.39, 0.29) is 0 Å². The van der Waals surface area contributed by atoms with Crippen molar-refractivity contribution in [2.75, 3.05) is 4.90 Å². The topological polar surface area (TPSA) is 17.4 Å². The Labute approximate surface area is 340 Å². The van der Waals surface area contributed by atoms with Crippen LogP contribution in [0, 0.1) is 0 Å². The molecule has 58 heavy (non-hydrogen) atoms. The molecule has 0 aliphatic heterocycles. The van der Waals surface area contributed by atoms with Crippen LogP contribution in [0.2, 0.25) is 0 Å². The van der Waals surface area contributed by atoms with E-state index < -0.39 is 8.07 Å². The molecule has 10 aromatic rings. The van der Waals surface area contributed by atoms with Crippen LogP contribution in [-0.4, -0.2) is 12.6 Å². The van der Waals surface area contributed by atoms with Gasteiger partial charge in [0.1, 0.15) is 11.5 Å². The Bertz CT molecular complexity index is 2840. The highest BCUT2D eigenvalue weighted by atomic mass is 28.3. The maximum absolute atomic E-state index is 6.19. The summed E-state index contributed by atoms with van der Waals surface area (Å²) in [6.07, 6.45) is 0. The summed E-state index contributed by atoms with van der Waals surface area (Å²) >= 11 is 0. The summed E-state index contributed by atoms with van der Waals surface area (Å²) in [4.78, 5) is 2.33. The van der Waals surface area contributed by atoms with Gasteiger partial charge >= 0.3 is 0 Å². The van der Waals surface area contributed by atoms with Gasteiger partial charge in [-0.15, -0.1) is 0 Å². The predicted octanol–water partition coefficient (Wildman–Crippen LogP) is 11.4. The molecule has 0 saturated carbocycles. The maximum Gasteiger partial charge on any atom is 0.179 e. The van der Waals surface area contributed by atoms with Crippen molar-refractivity contribution in [3.05, 3.63) is 243 Å². The van der Waals surface area contributed by atoms with Crippen molar-refractivity contribution >= 4 is 67.7 Å². The van der Waals surface area contributed by atoms with Gasteiger partial charge in [-0.1, -0.05) is 158 Å². The number of hydrogen-bond donors (Lipinski definition) is 0. The summed E-state index contributed by atoms with van der Waals surface area (Å²) in [6.45, 7) is 0. The zero-order chi connectivity index (χ0) is 38.7. The molecular weight excluding hydrogens is 721 g/mol. The highest BCUT2D eigenvalue weighted by Crippen LogP contribution is 2.40. The molecule has 0 aliphatic rings. The van der Waals surface area contributed by atoms with Crippen LogP contribution in [-0.2, 0) is 0 Å². The molecule has 0 radical (unpaired) electrons. The third kappa shape index (κ3) is 6.26. The van der Waals surface area contributed by atoms with Crippen molar-refractivity contribution < 1.29 is 4.74 Å². The average molecular weight is 761 g/mol. The number of anilines is 3. The van der Waals surface area contributed by atoms with E-state index >= 15 is 0 Å². The first-order valence-electron chi connectivity index (χ1n) is 19.8. The van der Waals surface area contributed by atoms with Crippen LogP contribution in [0.1, 0.15) is 0 Å². The molecule has 4 heteroatoms. The highest BCUT2D eigenvalue weighted by Gasteiger charge is 2.41. The maximum atomic E-state index is 6.19. The van der Waals surface area contributed by atoms with Crippen LogP contribution in [0.3, 0.4) is 0 Å². The molecule has 9 aromatic carbocycles. The Morgan fingerprint density at radius 3 is 1.29 bits per heavy atom. The minimum Gasteiger partial charge on any atom is -0.457 e. The van der Waals surface area contributed by atoms with Gasteiger partial charge in [0.2, 0.25) is 0 Å². The SMILES string of the molecule is c1ccc(Oc2ccc(N(c3ccccc3)c3ccc4c(c3)c3cc([Si](c5ccccc5)(c5ccccc5)c5ccccc5)ccc3n4-c3ccccc3)cc2)cc1. The number of rotatable bonds is 10. The van der Waals surface area contributed by atoms with Gasteiger partial charge in [-0.25, -0.2) is 0 Å². The fraction of sp³-hybridized carbons (Fsp3) is 0. The second kappa shape index (κ2) is 15.3. The Balaban J connectivity index is 1.21. The number of nitrogens with zero attached hydrogens (tertiary/aromatic N) is 2. The first-order chi connectivity index (χ1) is 28.8. The van der Waals surface area contributed by atoms with E-state index in [1.807, 2.05) is 42.5 Å². The molecule has 0 amide bonds. The molecule has 10 rings (SSSR count). The molecule has 0 saturated heterocycles. The van der Waals surface area contributed by atoms with Gasteiger partial charge in [-0.2, -0.15) is 0 Å². The normalized spacial score (nSPS) is 11.4. The molecule has 0 spiro atoms. The van der Waals surface area contributed by atoms with Crippen LogP contribution < -0.4 is 30.4 Å². The van der Waals surface area contributed by atoms with Gasteiger partial charge in [-0.3, -0.25) is 0 Å². The Kier molecular flexibility index (Phi) is 9.22. The van der Waals surface area contributed by atoms with Crippen LogP contribution >= 0.6 is 0 Å². The molecule has 0 N–H and O–H groups in total. The van der Waals surface area contributed by atoms with Crippen LogP contribution in [0.15, 0.2) is 243 Å². The van der Waals surface area contributed by atoms with E-state index in [1.54, 1.807) is 0 Å². The second-order valence-corrected chi connectivity index (χ2v) is 18.3. The number of benzene rings is 9. The second-order valence-electron chi connectivity index (χ2n) is 14.5. The summed E-state index contributed by atoms with van der Waals surface area (Å²) in [5.74, 6) is 1.61. The predicted molar refractivity (Wildman–Crippen MR) is 246 cm³/mol. The largest absolute Gasteiger partial charge is 0.457 e. The molecule has 3 nitrogen and oxygen atoms in total. The molecular formula is C54H40N2OSi. The lowest BCUT2D eigenvalue weighted by atomic mass is 10.1. The average Bonchev–Trinajstić information content (AvgIpc) is 3.63. The van der Waals surface area contributed by atoms with Crippen molar-refractivity contribution in [3.8, 4) is 17.2 Å². The smallest absolute Gasteiger partial charge is 0.179 e. The summed E-state index contributed by atoms with van der Waals surface area (Å²) in [5, 5.41) is 7.82. The van der Waals surface area contributed by atoms with Crippen LogP contribution in [0.4, 0.5) is 17.1 Å². The third-order valence-electron chi connectivity index (χ3n) is 11.2. The number of para-hydroxylation sites is 3. The molecule has 0 atom stereocenters. The van der Waals surface area contributed by atoms with Gasteiger partial charge in [0.05, 0.1) is 11.0 Å². The summed E-state index contributed by atoms with van der Waals surface area (Å²) in [6, 6.07) is 87.3. The third-order valence-corrected chi connectivity index (χ3v) is 15.9. The zero-order valence-electron chi connectivity index (χ0n) is 31.9. The highest BCUT2D eigenvalue weighted by molar-refractivity contribution is 7.20. The Morgan fingerprint density at radius 1 is 0.328 bits per heavy atom. The van der Waals surface area contributed by atoms with Gasteiger partial charge in [0.15, 0.2) is 8.07 Å². The molecule has 1 heterocycles. The summed E-state index contributed by atoms with van der Waals surface area (Å²) in [7, 11) is -2.78. The van der Waals surface area contributed by atoms with Crippen molar-refractivity contribution in [2.24, 2.45) is 0 Å². The minimum absolute atomic E-state index is 0.791. The van der Waals surface area contributed by atoms with E-state index in [2.05, 4.69) is 210 Å². The fourth-order valence-electron chi connectivity index (χ4n) is 8.62. The minimum atomic E-state index is -2.78. The van der Waals surface area contributed by atoms with Crippen molar-refractivity contribution in [2.45, 2.75) is 0 Å². The standard InChI is InChI=1S/C54H40N2OSi/c1-7-19-41(20-8-1)55(43-31-34-46(35-32-43)57-45-23-11-3-12-24-45)44-33-37-53-51(39-44)52-40-50(36-38-54(52)56(53)42-21-9-2-10-22-42)58(47-25-13-4-14-26-47,48-27-15-5-16-28-48)49-29-17-6-18-30-49/h1-40H. The van der Waals surface area contributed by atoms with Crippen molar-refractivity contribution in [3.63, 3.8) is 0 Å². The molecule has 0 unspecified atom stereocenters. The fourth-order valence-corrected chi connectivity index (χ4v) is 13.4. The lowest BCUT2D eigenvalue weighted by Crippen LogP contribution is -2.74. The van der Waals surface area contributed by atoms with Gasteiger partial charge in [-0.05, 0) is 106 Å². The van der Waals surface area contributed by atoms with Crippen molar-refractivity contribution in [1.29, 1.82) is 0 Å². The Morgan fingerprint density at radius 2 is 0.741 bits per heavy atom. The van der Waals surface area contributed by atoms with E-state index in [9.17, 15) is 0 Å². The van der Waals surface area contributed by atoms with E-state index in [1.165, 1.54) is 37.0 Å². The summed E-state index contributed by atoms with van der Waals surface area (Å²) < 4.78 is 8.61. The summed E-state index contributed by atoms with van der Waals surface area (Å²) in [5.41, 5.74) is 6.66. The first kappa shape index (κ1) is 35.0.